The molecule has 2 aliphatic rings. The third-order valence-electron chi connectivity index (χ3n) is 6.30. The first-order valence-corrected chi connectivity index (χ1v) is 12.4. The molecule has 0 bridgehead atoms. The summed E-state index contributed by atoms with van der Waals surface area (Å²) in [6, 6.07) is 7.24. The highest BCUT2D eigenvalue weighted by molar-refractivity contribution is 7.90. The lowest BCUT2D eigenvalue weighted by atomic mass is 9.82. The highest BCUT2D eigenvalue weighted by Gasteiger charge is 2.37. The zero-order chi connectivity index (χ0) is 20.2. The second kappa shape index (κ2) is 8.85. The topological polar surface area (TPSA) is 63.7 Å². The molecule has 156 valence electrons. The van der Waals surface area contributed by atoms with Gasteiger partial charge in [-0.1, -0.05) is 25.0 Å². The minimum atomic E-state index is -3.12. The number of piperidine rings is 1. The van der Waals surface area contributed by atoms with Crippen molar-refractivity contribution >= 4 is 15.9 Å². The molecule has 2 fully saturated rings. The summed E-state index contributed by atoms with van der Waals surface area (Å²) in [5, 5.41) is 0. The average molecular weight is 408 g/mol. The molecular weight excluding hydrogens is 374 g/mol. The molecule has 6 heteroatoms. The number of amides is 1. The lowest BCUT2D eigenvalue weighted by molar-refractivity contribution is -0.0505. The number of nitrogens with zero attached hydrogens (tertiary/aromatic N) is 1. The van der Waals surface area contributed by atoms with E-state index in [1.165, 1.54) is 24.7 Å². The Labute approximate surface area is 169 Å². The third kappa shape index (κ3) is 5.72. The molecule has 1 aliphatic carbocycles. The van der Waals surface area contributed by atoms with Crippen LogP contribution in [0.5, 0.6) is 0 Å². The van der Waals surface area contributed by atoms with E-state index in [2.05, 4.69) is 0 Å². The van der Waals surface area contributed by atoms with Crippen LogP contribution in [0.1, 0.15) is 63.9 Å². The summed E-state index contributed by atoms with van der Waals surface area (Å²) in [6.45, 7) is 3.66. The molecule has 28 heavy (non-hydrogen) atoms. The molecule has 5 nitrogen and oxygen atoms in total. The van der Waals surface area contributed by atoms with Gasteiger partial charge >= 0.3 is 6.09 Å². The average Bonchev–Trinajstić information content (AvgIpc) is 2.64. The largest absolute Gasteiger partial charge is 0.443 e. The molecule has 1 saturated carbocycles. The van der Waals surface area contributed by atoms with E-state index >= 15 is 0 Å². The Morgan fingerprint density at radius 3 is 2.32 bits per heavy atom. The van der Waals surface area contributed by atoms with Gasteiger partial charge in [0, 0.05) is 19.3 Å². The van der Waals surface area contributed by atoms with E-state index in [9.17, 15) is 13.2 Å². The Morgan fingerprint density at radius 2 is 1.79 bits per heavy atom. The zero-order valence-electron chi connectivity index (χ0n) is 17.2. The van der Waals surface area contributed by atoms with Gasteiger partial charge in [0.05, 0.1) is 4.90 Å². The molecule has 1 heterocycles. The van der Waals surface area contributed by atoms with Crippen LogP contribution in [0.15, 0.2) is 29.2 Å². The fourth-order valence-electron chi connectivity index (χ4n) is 4.12. The summed E-state index contributed by atoms with van der Waals surface area (Å²) < 4.78 is 28.7. The summed E-state index contributed by atoms with van der Waals surface area (Å²) in [5.41, 5.74) is 0.974. The van der Waals surface area contributed by atoms with E-state index < -0.39 is 9.84 Å². The Bertz CT molecular complexity index is 760. The van der Waals surface area contributed by atoms with Gasteiger partial charge in [0.15, 0.2) is 9.84 Å². The standard InChI is InChI=1S/C22H33NO4S/c1-22(14-5-15-22)27-21(24)23-16-12-19(13-17-23)7-4-3-6-18-8-10-20(11-9-18)28(2,25)26/h8-11,19H,3-7,12-17H2,1-2H3. The van der Waals surface area contributed by atoms with Crippen molar-refractivity contribution in [3.8, 4) is 0 Å². The number of carbonyl (C=O) groups excluding carboxylic acids is 1. The SMILES string of the molecule is CC1(OC(=O)N2CCC(CCCCc3ccc(S(C)(=O)=O)cc3)CC2)CCC1. The number of ether oxygens (including phenoxy) is 1. The van der Waals surface area contributed by atoms with Crippen molar-refractivity contribution in [1.29, 1.82) is 0 Å². The molecule has 1 amide bonds. The van der Waals surface area contributed by atoms with E-state index in [1.54, 1.807) is 12.1 Å². The number of likely N-dealkylation sites (tertiary alicyclic amines) is 1. The van der Waals surface area contributed by atoms with Crippen LogP contribution in [0.3, 0.4) is 0 Å². The maximum absolute atomic E-state index is 12.3. The van der Waals surface area contributed by atoms with Gasteiger partial charge in [-0.2, -0.15) is 0 Å². The fourth-order valence-corrected chi connectivity index (χ4v) is 4.75. The van der Waals surface area contributed by atoms with Gasteiger partial charge in [-0.15, -0.1) is 0 Å². The summed E-state index contributed by atoms with van der Waals surface area (Å²) in [7, 11) is -3.12. The molecule has 1 aliphatic heterocycles. The van der Waals surface area contributed by atoms with Crippen molar-refractivity contribution < 1.29 is 17.9 Å². The van der Waals surface area contributed by atoms with Gasteiger partial charge < -0.3 is 9.64 Å². The monoisotopic (exact) mass is 407 g/mol. The molecule has 0 spiro atoms. The first kappa shape index (κ1) is 21.2. The highest BCUT2D eigenvalue weighted by atomic mass is 32.2. The summed E-state index contributed by atoms with van der Waals surface area (Å²) in [6.07, 6.45) is 10.8. The Hall–Kier alpha value is -1.56. The summed E-state index contributed by atoms with van der Waals surface area (Å²) in [4.78, 5) is 14.5. The zero-order valence-corrected chi connectivity index (χ0v) is 18.0. The number of hydrogen-bond acceptors (Lipinski definition) is 4. The van der Waals surface area contributed by atoms with Crippen LogP contribution in [0, 0.1) is 5.92 Å². The predicted molar refractivity (Wildman–Crippen MR) is 110 cm³/mol. The molecular formula is C22H33NO4S. The number of carbonyl (C=O) groups is 1. The maximum atomic E-state index is 12.3. The summed E-state index contributed by atoms with van der Waals surface area (Å²) >= 11 is 0. The van der Waals surface area contributed by atoms with Crippen molar-refractivity contribution in [2.24, 2.45) is 5.92 Å². The normalized spacial score (nSPS) is 19.9. The van der Waals surface area contributed by atoms with Crippen molar-refractivity contribution in [3.05, 3.63) is 29.8 Å². The van der Waals surface area contributed by atoms with Crippen LogP contribution in [-0.2, 0) is 21.0 Å². The van der Waals surface area contributed by atoms with Crippen LogP contribution in [0.2, 0.25) is 0 Å². The van der Waals surface area contributed by atoms with E-state index in [1.807, 2.05) is 24.0 Å². The minimum absolute atomic E-state index is 0.127. The van der Waals surface area contributed by atoms with Gasteiger partial charge in [0.2, 0.25) is 0 Å². The van der Waals surface area contributed by atoms with Crippen molar-refractivity contribution in [3.63, 3.8) is 0 Å². The van der Waals surface area contributed by atoms with Gasteiger partial charge in [-0.05, 0) is 75.5 Å². The molecule has 3 rings (SSSR count). The highest BCUT2D eigenvalue weighted by Crippen LogP contribution is 2.35. The van der Waals surface area contributed by atoms with Gasteiger partial charge in [0.1, 0.15) is 5.60 Å². The van der Waals surface area contributed by atoms with Crippen molar-refractivity contribution in [2.45, 2.75) is 75.2 Å². The number of benzene rings is 1. The van der Waals surface area contributed by atoms with Gasteiger partial charge in [0.25, 0.3) is 0 Å². The van der Waals surface area contributed by atoms with Gasteiger partial charge in [-0.25, -0.2) is 13.2 Å². The smallest absolute Gasteiger partial charge is 0.410 e. The minimum Gasteiger partial charge on any atom is -0.443 e. The molecule has 0 N–H and O–H groups in total. The molecule has 0 unspecified atom stereocenters. The van der Waals surface area contributed by atoms with Crippen molar-refractivity contribution in [1.82, 2.24) is 4.90 Å². The Morgan fingerprint density at radius 1 is 1.14 bits per heavy atom. The van der Waals surface area contributed by atoms with Crippen molar-refractivity contribution in [2.75, 3.05) is 19.3 Å². The quantitative estimate of drug-likeness (QED) is 0.620. The van der Waals surface area contributed by atoms with Gasteiger partial charge in [-0.3, -0.25) is 0 Å². The predicted octanol–water partition coefficient (Wildman–Crippen LogP) is 4.59. The molecule has 0 radical (unpaired) electrons. The van der Waals surface area contributed by atoms with E-state index in [4.69, 9.17) is 4.74 Å². The lowest BCUT2D eigenvalue weighted by Gasteiger charge is -2.40. The van der Waals surface area contributed by atoms with Crippen LogP contribution in [-0.4, -0.2) is 44.4 Å². The van der Waals surface area contributed by atoms with E-state index in [0.717, 1.165) is 58.0 Å². The number of aryl methyl sites for hydroxylation is 1. The first-order valence-electron chi connectivity index (χ1n) is 10.5. The number of rotatable bonds is 7. The lowest BCUT2D eigenvalue weighted by Crippen LogP contribution is -2.46. The molecule has 0 atom stereocenters. The Balaban J connectivity index is 1.32. The number of sulfone groups is 1. The van der Waals surface area contributed by atoms with Crippen LogP contribution >= 0.6 is 0 Å². The van der Waals surface area contributed by atoms with Crippen LogP contribution in [0.25, 0.3) is 0 Å². The maximum Gasteiger partial charge on any atom is 0.410 e. The molecule has 1 aromatic carbocycles. The number of unbranched alkanes of at least 4 members (excludes halogenated alkanes) is 1. The van der Waals surface area contributed by atoms with E-state index in [-0.39, 0.29) is 11.7 Å². The summed E-state index contributed by atoms with van der Waals surface area (Å²) in [5.74, 6) is 0.691. The van der Waals surface area contributed by atoms with E-state index in [0.29, 0.717) is 10.8 Å². The second-order valence-electron chi connectivity index (χ2n) is 8.76. The first-order chi connectivity index (χ1) is 13.3. The second-order valence-corrected chi connectivity index (χ2v) is 10.8. The Kier molecular flexibility index (Phi) is 6.69. The molecule has 0 aromatic heterocycles. The van der Waals surface area contributed by atoms with Crippen LogP contribution < -0.4 is 0 Å². The van der Waals surface area contributed by atoms with Crippen LogP contribution in [0.4, 0.5) is 4.79 Å². The number of hydrogen-bond donors (Lipinski definition) is 0. The third-order valence-corrected chi connectivity index (χ3v) is 7.43. The molecule has 1 aromatic rings. The fraction of sp³-hybridized carbons (Fsp3) is 0.682. The molecule has 1 saturated heterocycles.